The molecular weight excluding hydrogens is 412 g/mol. The summed E-state index contributed by atoms with van der Waals surface area (Å²) in [4.78, 5) is 18.2. The first-order chi connectivity index (χ1) is 16.1. The van der Waals surface area contributed by atoms with Gasteiger partial charge in [-0.3, -0.25) is 9.69 Å². The monoisotopic (exact) mass is 444 g/mol. The second-order valence-corrected chi connectivity index (χ2v) is 8.66. The summed E-state index contributed by atoms with van der Waals surface area (Å²) in [5, 5.41) is 10.1. The molecule has 3 aromatic carbocycles. The third kappa shape index (κ3) is 5.27. The third-order valence-electron chi connectivity index (χ3n) is 6.50. The fourth-order valence-corrected chi connectivity index (χ4v) is 4.72. The zero-order chi connectivity index (χ0) is 23.2. The first-order valence-electron chi connectivity index (χ1n) is 11.5. The zero-order valence-electron chi connectivity index (χ0n) is 19.3. The molecule has 0 saturated carbocycles. The Morgan fingerprint density at radius 1 is 1.00 bits per heavy atom. The van der Waals surface area contributed by atoms with Crippen LogP contribution >= 0.6 is 0 Å². The molecule has 1 aliphatic heterocycles. The summed E-state index contributed by atoms with van der Waals surface area (Å²) < 4.78 is 5.67. The molecule has 4 rings (SSSR count). The molecule has 1 heterocycles. The Morgan fingerprint density at radius 3 is 2.12 bits per heavy atom. The van der Waals surface area contributed by atoms with Gasteiger partial charge in [-0.05, 0) is 23.6 Å². The number of hydrogen-bond acceptors (Lipinski definition) is 4. The predicted molar refractivity (Wildman–Crippen MR) is 130 cm³/mol. The molecule has 172 valence electrons. The van der Waals surface area contributed by atoms with Crippen LogP contribution in [0, 0.1) is 0 Å². The third-order valence-corrected chi connectivity index (χ3v) is 6.50. The number of carbonyl (C=O) groups excluding carboxylic acids is 1. The van der Waals surface area contributed by atoms with Gasteiger partial charge in [0.1, 0.15) is 5.75 Å². The van der Waals surface area contributed by atoms with Crippen molar-refractivity contribution in [1.29, 1.82) is 0 Å². The van der Waals surface area contributed by atoms with E-state index in [2.05, 4.69) is 4.90 Å². The van der Waals surface area contributed by atoms with E-state index in [0.29, 0.717) is 13.1 Å². The number of nitrogens with zero attached hydrogens (tertiary/aromatic N) is 2. The van der Waals surface area contributed by atoms with Crippen molar-refractivity contribution >= 4 is 5.91 Å². The minimum atomic E-state index is -0.404. The lowest BCUT2D eigenvalue weighted by molar-refractivity contribution is -0.133. The van der Waals surface area contributed by atoms with E-state index in [1.54, 1.807) is 7.11 Å². The second-order valence-electron chi connectivity index (χ2n) is 8.66. The lowest BCUT2D eigenvalue weighted by Crippen LogP contribution is -2.41. The van der Waals surface area contributed by atoms with Crippen LogP contribution in [-0.2, 0) is 4.79 Å². The summed E-state index contributed by atoms with van der Waals surface area (Å²) in [5.41, 5.74) is 2.91. The van der Waals surface area contributed by atoms with Crippen LogP contribution in [-0.4, -0.2) is 60.7 Å². The van der Waals surface area contributed by atoms with Crippen molar-refractivity contribution < 1.29 is 14.6 Å². The van der Waals surface area contributed by atoms with Gasteiger partial charge in [-0.25, -0.2) is 0 Å². The van der Waals surface area contributed by atoms with Crippen molar-refractivity contribution in [3.05, 3.63) is 102 Å². The molecule has 33 heavy (non-hydrogen) atoms. The fourth-order valence-electron chi connectivity index (χ4n) is 4.72. The van der Waals surface area contributed by atoms with Crippen molar-refractivity contribution in [3.8, 4) is 5.75 Å². The summed E-state index contributed by atoms with van der Waals surface area (Å²) in [6.45, 7) is 2.07. The standard InChI is InChI=1S/C28H32N2O3/c1-29(28(32)27(21-11-5-3-6-12-21)22-13-7-4-8-14-22)25(20-30-18-17-23(31)19-30)24-15-9-10-16-26(24)33-2/h3-16,23,25,27,31H,17-20H2,1-2H3/t23-,25+/m0/s1. The summed E-state index contributed by atoms with van der Waals surface area (Å²) in [6.07, 6.45) is 0.443. The lowest BCUT2D eigenvalue weighted by Gasteiger charge is -2.35. The maximum Gasteiger partial charge on any atom is 0.234 e. The van der Waals surface area contributed by atoms with Crippen molar-refractivity contribution in [3.63, 3.8) is 0 Å². The average molecular weight is 445 g/mol. The Morgan fingerprint density at radius 2 is 1.58 bits per heavy atom. The van der Waals surface area contributed by atoms with E-state index in [1.165, 1.54) is 0 Å². The van der Waals surface area contributed by atoms with Crippen LogP contribution in [0.1, 0.15) is 35.1 Å². The summed E-state index contributed by atoms with van der Waals surface area (Å²) >= 11 is 0. The van der Waals surface area contributed by atoms with Gasteiger partial charge in [-0.15, -0.1) is 0 Å². The first-order valence-corrected chi connectivity index (χ1v) is 11.5. The molecule has 0 aromatic heterocycles. The van der Waals surface area contributed by atoms with E-state index < -0.39 is 5.92 Å². The Labute approximate surface area is 196 Å². The highest BCUT2D eigenvalue weighted by molar-refractivity contribution is 5.87. The Bertz CT molecular complexity index is 1000. The molecule has 1 aliphatic rings. The molecule has 1 N–H and O–H groups in total. The maximum absolute atomic E-state index is 14.1. The summed E-state index contributed by atoms with van der Waals surface area (Å²) in [5.74, 6) is 0.389. The maximum atomic E-state index is 14.1. The van der Waals surface area contributed by atoms with Gasteiger partial charge in [-0.1, -0.05) is 78.9 Å². The van der Waals surface area contributed by atoms with Gasteiger partial charge in [0.15, 0.2) is 0 Å². The number of amides is 1. The van der Waals surface area contributed by atoms with E-state index in [0.717, 1.165) is 35.4 Å². The number of benzene rings is 3. The molecule has 0 radical (unpaired) electrons. The fraction of sp³-hybridized carbons (Fsp3) is 0.321. The number of ether oxygens (including phenoxy) is 1. The van der Waals surface area contributed by atoms with E-state index in [9.17, 15) is 9.90 Å². The molecule has 2 atom stereocenters. The minimum Gasteiger partial charge on any atom is -0.496 e. The lowest BCUT2D eigenvalue weighted by atomic mass is 9.89. The van der Waals surface area contributed by atoms with E-state index in [4.69, 9.17) is 4.74 Å². The summed E-state index contributed by atoms with van der Waals surface area (Å²) in [6, 6.07) is 27.6. The van der Waals surface area contributed by atoms with Crippen LogP contribution in [0.15, 0.2) is 84.9 Å². The molecule has 1 amide bonds. The molecule has 5 heteroatoms. The Kier molecular flexibility index (Phi) is 7.43. The Hall–Kier alpha value is -3.15. The van der Waals surface area contributed by atoms with Crippen molar-refractivity contribution in [2.75, 3.05) is 33.8 Å². The summed E-state index contributed by atoms with van der Waals surface area (Å²) in [7, 11) is 3.54. The number of likely N-dealkylation sites (tertiary alicyclic amines) is 1. The van der Waals surface area contributed by atoms with Gasteiger partial charge < -0.3 is 14.7 Å². The largest absolute Gasteiger partial charge is 0.496 e. The molecule has 5 nitrogen and oxygen atoms in total. The number of methoxy groups -OCH3 is 1. The van der Waals surface area contributed by atoms with Crippen LogP contribution in [0.4, 0.5) is 0 Å². The van der Waals surface area contributed by atoms with Gasteiger partial charge in [0.2, 0.25) is 5.91 Å². The smallest absolute Gasteiger partial charge is 0.234 e. The molecule has 0 spiro atoms. The van der Waals surface area contributed by atoms with Gasteiger partial charge >= 0.3 is 0 Å². The van der Waals surface area contributed by atoms with Gasteiger partial charge in [0, 0.05) is 32.2 Å². The van der Waals surface area contributed by atoms with Gasteiger partial charge in [-0.2, -0.15) is 0 Å². The van der Waals surface area contributed by atoms with E-state index in [1.807, 2.05) is 96.9 Å². The first kappa shape index (κ1) is 23.0. The second kappa shape index (κ2) is 10.6. The van der Waals surface area contributed by atoms with Gasteiger partial charge in [0.25, 0.3) is 0 Å². The van der Waals surface area contributed by atoms with Crippen molar-refractivity contribution in [1.82, 2.24) is 9.80 Å². The molecule has 1 fully saturated rings. The predicted octanol–water partition coefficient (Wildman–Crippen LogP) is 4.09. The number of aliphatic hydroxyl groups is 1. The van der Waals surface area contributed by atoms with Crippen LogP contribution < -0.4 is 4.74 Å². The average Bonchev–Trinajstić information content (AvgIpc) is 3.28. The number of hydrogen-bond donors (Lipinski definition) is 1. The highest BCUT2D eigenvalue weighted by Crippen LogP contribution is 2.34. The van der Waals surface area contributed by atoms with E-state index in [-0.39, 0.29) is 18.1 Å². The molecule has 0 bridgehead atoms. The normalized spacial score (nSPS) is 17.2. The van der Waals surface area contributed by atoms with Crippen LogP contribution in [0.5, 0.6) is 5.75 Å². The topological polar surface area (TPSA) is 53.0 Å². The highest BCUT2D eigenvalue weighted by Gasteiger charge is 2.33. The highest BCUT2D eigenvalue weighted by atomic mass is 16.5. The molecule has 0 aliphatic carbocycles. The molecule has 0 unspecified atom stereocenters. The molecule has 1 saturated heterocycles. The number of carbonyl (C=O) groups is 1. The van der Waals surface area contributed by atoms with Gasteiger partial charge in [0.05, 0.1) is 25.2 Å². The Balaban J connectivity index is 1.71. The number of aliphatic hydroxyl groups excluding tert-OH is 1. The minimum absolute atomic E-state index is 0.0306. The van der Waals surface area contributed by atoms with Crippen LogP contribution in [0.3, 0.4) is 0 Å². The molecular formula is C28H32N2O3. The quantitative estimate of drug-likeness (QED) is 0.569. The van der Waals surface area contributed by atoms with Crippen molar-refractivity contribution in [2.45, 2.75) is 24.5 Å². The number of likely N-dealkylation sites (N-methyl/N-ethyl adjacent to an activating group) is 1. The molecule has 3 aromatic rings. The van der Waals surface area contributed by atoms with E-state index >= 15 is 0 Å². The number of para-hydroxylation sites is 1. The van der Waals surface area contributed by atoms with Crippen molar-refractivity contribution in [2.24, 2.45) is 0 Å². The van der Waals surface area contributed by atoms with Crippen LogP contribution in [0.25, 0.3) is 0 Å². The SMILES string of the molecule is COc1ccccc1[C@@H](CN1CC[C@H](O)C1)N(C)C(=O)C(c1ccccc1)c1ccccc1. The number of β-amino-alcohol motifs (C(OH)–C–C–N with tert-alkyl or cyclic N) is 1. The van der Waals surface area contributed by atoms with Crippen LogP contribution in [0.2, 0.25) is 0 Å². The zero-order valence-corrected chi connectivity index (χ0v) is 19.3. The number of rotatable bonds is 8.